The quantitative estimate of drug-likeness (QED) is 0.469. The van der Waals surface area contributed by atoms with Gasteiger partial charge in [-0.2, -0.15) is 0 Å². The highest BCUT2D eigenvalue weighted by Gasteiger charge is 2.18. The van der Waals surface area contributed by atoms with E-state index in [9.17, 15) is 14.4 Å². The van der Waals surface area contributed by atoms with Gasteiger partial charge in [0.15, 0.2) is 0 Å². The van der Waals surface area contributed by atoms with Crippen LogP contribution in [0.1, 0.15) is 12.8 Å². The first-order valence-electron chi connectivity index (χ1n) is 4.21. The number of amides is 1. The maximum absolute atomic E-state index is 11.0. The third-order valence-electron chi connectivity index (χ3n) is 1.60. The number of aliphatic carboxylic acids is 1. The van der Waals surface area contributed by atoms with Crippen molar-refractivity contribution in [2.24, 2.45) is 0 Å². The molecule has 7 nitrogen and oxygen atoms in total. The zero-order valence-electron chi connectivity index (χ0n) is 8.23. The molecule has 15 heavy (non-hydrogen) atoms. The summed E-state index contributed by atoms with van der Waals surface area (Å²) in [6.07, 6.45) is -0.295. The Morgan fingerprint density at radius 1 is 1.33 bits per heavy atom. The lowest BCUT2D eigenvalue weighted by atomic mass is 10.2. The first-order chi connectivity index (χ1) is 7.01. The summed E-state index contributed by atoms with van der Waals surface area (Å²) in [4.78, 5) is 32.1. The SMILES string of the molecule is COC(=O)CCC(=O)NC(CO)C(=O)O. The van der Waals surface area contributed by atoms with E-state index < -0.39 is 30.5 Å². The van der Waals surface area contributed by atoms with Crippen molar-refractivity contribution in [1.82, 2.24) is 5.32 Å². The van der Waals surface area contributed by atoms with Gasteiger partial charge in [0.2, 0.25) is 5.91 Å². The molecule has 1 amide bonds. The minimum Gasteiger partial charge on any atom is -0.480 e. The first-order valence-corrected chi connectivity index (χ1v) is 4.21. The summed E-state index contributed by atoms with van der Waals surface area (Å²) in [5.41, 5.74) is 0. The highest BCUT2D eigenvalue weighted by Crippen LogP contribution is 1.93. The van der Waals surface area contributed by atoms with Crippen LogP contribution in [0.3, 0.4) is 0 Å². The summed E-state index contributed by atoms with van der Waals surface area (Å²) in [6, 6.07) is -1.34. The number of hydrogen-bond donors (Lipinski definition) is 3. The van der Waals surface area contributed by atoms with Crippen LogP contribution in [0.2, 0.25) is 0 Å². The first kappa shape index (κ1) is 13.4. The normalized spacial score (nSPS) is 11.6. The van der Waals surface area contributed by atoms with Crippen LogP contribution < -0.4 is 5.32 Å². The Balaban J connectivity index is 3.91. The number of ether oxygens (including phenoxy) is 1. The molecular weight excluding hydrogens is 206 g/mol. The Labute approximate surface area is 86.0 Å². The van der Waals surface area contributed by atoms with Crippen molar-refractivity contribution in [2.45, 2.75) is 18.9 Å². The fourth-order valence-corrected chi connectivity index (χ4v) is 0.770. The highest BCUT2D eigenvalue weighted by molar-refractivity contribution is 5.85. The second-order valence-electron chi connectivity index (χ2n) is 2.72. The van der Waals surface area contributed by atoms with E-state index in [4.69, 9.17) is 10.2 Å². The third-order valence-corrected chi connectivity index (χ3v) is 1.60. The largest absolute Gasteiger partial charge is 0.480 e. The summed E-state index contributed by atoms with van der Waals surface area (Å²) in [7, 11) is 1.19. The number of carbonyl (C=O) groups is 3. The molecule has 0 aliphatic rings. The average Bonchev–Trinajstić information content (AvgIpc) is 2.21. The number of aliphatic hydroxyl groups excluding tert-OH is 1. The Bertz CT molecular complexity index is 252. The van der Waals surface area contributed by atoms with Crippen LogP contribution in [-0.2, 0) is 19.1 Å². The fraction of sp³-hybridized carbons (Fsp3) is 0.625. The molecule has 0 aromatic carbocycles. The molecule has 86 valence electrons. The van der Waals surface area contributed by atoms with Gasteiger partial charge >= 0.3 is 11.9 Å². The van der Waals surface area contributed by atoms with E-state index in [-0.39, 0.29) is 12.8 Å². The molecule has 0 rings (SSSR count). The molecule has 0 aliphatic carbocycles. The number of nitrogens with one attached hydrogen (secondary N) is 1. The summed E-state index contributed by atoms with van der Waals surface area (Å²) in [6.45, 7) is -0.695. The van der Waals surface area contributed by atoms with E-state index in [2.05, 4.69) is 4.74 Å². The molecule has 0 aromatic rings. The topological polar surface area (TPSA) is 113 Å². The smallest absolute Gasteiger partial charge is 0.328 e. The Morgan fingerprint density at radius 3 is 2.33 bits per heavy atom. The molecule has 0 aliphatic heterocycles. The van der Waals surface area contributed by atoms with E-state index in [0.717, 1.165) is 0 Å². The van der Waals surface area contributed by atoms with Gasteiger partial charge in [0.05, 0.1) is 20.1 Å². The second-order valence-corrected chi connectivity index (χ2v) is 2.72. The number of rotatable bonds is 6. The van der Waals surface area contributed by atoms with Crippen molar-refractivity contribution >= 4 is 17.8 Å². The summed E-state index contributed by atoms with van der Waals surface area (Å²) in [5.74, 6) is -2.51. The number of aliphatic hydroxyl groups is 1. The molecule has 0 saturated carbocycles. The Kier molecular flexibility index (Phi) is 6.03. The van der Waals surface area contributed by atoms with Crippen molar-refractivity contribution in [2.75, 3.05) is 13.7 Å². The second kappa shape index (κ2) is 6.77. The minimum atomic E-state index is -1.34. The van der Waals surface area contributed by atoms with Gasteiger partial charge in [0, 0.05) is 6.42 Å². The lowest BCUT2D eigenvalue weighted by Crippen LogP contribution is -2.43. The molecule has 7 heteroatoms. The molecule has 0 aromatic heterocycles. The standard InChI is InChI=1S/C8H13NO6/c1-15-7(12)3-2-6(11)9-5(4-10)8(13)14/h5,10H,2-4H2,1H3,(H,9,11)(H,13,14). The van der Waals surface area contributed by atoms with E-state index in [1.807, 2.05) is 5.32 Å². The molecule has 3 N–H and O–H groups in total. The van der Waals surface area contributed by atoms with Crippen LogP contribution in [-0.4, -0.2) is 47.8 Å². The van der Waals surface area contributed by atoms with Gasteiger partial charge in [0.25, 0.3) is 0 Å². The summed E-state index contributed by atoms with van der Waals surface area (Å²) in [5, 5.41) is 19.1. The van der Waals surface area contributed by atoms with Crippen molar-refractivity contribution in [3.8, 4) is 0 Å². The van der Waals surface area contributed by atoms with E-state index in [1.54, 1.807) is 0 Å². The van der Waals surface area contributed by atoms with Gasteiger partial charge in [-0.15, -0.1) is 0 Å². The molecule has 0 heterocycles. The number of carboxylic acid groups (broad SMARTS) is 1. The van der Waals surface area contributed by atoms with Gasteiger partial charge < -0.3 is 20.3 Å². The van der Waals surface area contributed by atoms with Crippen molar-refractivity contribution in [1.29, 1.82) is 0 Å². The predicted molar refractivity (Wildman–Crippen MR) is 47.9 cm³/mol. The molecule has 0 saturated heterocycles. The maximum Gasteiger partial charge on any atom is 0.328 e. The summed E-state index contributed by atoms with van der Waals surface area (Å²) < 4.78 is 4.29. The molecule has 0 bridgehead atoms. The third kappa shape index (κ3) is 5.63. The van der Waals surface area contributed by atoms with E-state index >= 15 is 0 Å². The maximum atomic E-state index is 11.0. The van der Waals surface area contributed by atoms with Gasteiger partial charge in [-0.1, -0.05) is 0 Å². The zero-order chi connectivity index (χ0) is 11.8. The van der Waals surface area contributed by atoms with Gasteiger partial charge in [-0.25, -0.2) is 4.79 Å². The zero-order valence-corrected chi connectivity index (χ0v) is 8.23. The number of carboxylic acids is 1. The van der Waals surface area contributed by atoms with E-state index in [1.165, 1.54) is 7.11 Å². The van der Waals surface area contributed by atoms with Crippen molar-refractivity contribution in [3.05, 3.63) is 0 Å². The van der Waals surface area contributed by atoms with Gasteiger partial charge in [0.1, 0.15) is 6.04 Å². The van der Waals surface area contributed by atoms with Gasteiger partial charge in [-0.05, 0) is 0 Å². The highest BCUT2D eigenvalue weighted by atomic mass is 16.5. The van der Waals surface area contributed by atoms with Crippen LogP contribution in [0.4, 0.5) is 0 Å². The fourth-order valence-electron chi connectivity index (χ4n) is 0.770. The number of methoxy groups -OCH3 is 1. The predicted octanol–water partition coefficient (Wildman–Crippen LogP) is -1.50. The number of esters is 1. The molecule has 1 atom stereocenters. The molecule has 0 spiro atoms. The minimum absolute atomic E-state index is 0.125. The van der Waals surface area contributed by atoms with Crippen LogP contribution in [0, 0.1) is 0 Å². The Morgan fingerprint density at radius 2 is 1.93 bits per heavy atom. The van der Waals surface area contributed by atoms with Gasteiger partial charge in [-0.3, -0.25) is 9.59 Å². The van der Waals surface area contributed by atoms with Crippen LogP contribution in [0.25, 0.3) is 0 Å². The molecular formula is C8H13NO6. The van der Waals surface area contributed by atoms with Crippen LogP contribution in [0.5, 0.6) is 0 Å². The lowest BCUT2D eigenvalue weighted by Gasteiger charge is -2.10. The average molecular weight is 219 g/mol. The number of hydrogen-bond acceptors (Lipinski definition) is 5. The molecule has 0 radical (unpaired) electrons. The van der Waals surface area contributed by atoms with Crippen molar-refractivity contribution in [3.63, 3.8) is 0 Å². The Hall–Kier alpha value is -1.63. The lowest BCUT2D eigenvalue weighted by molar-refractivity contribution is -0.143. The van der Waals surface area contributed by atoms with Crippen LogP contribution >= 0.6 is 0 Å². The van der Waals surface area contributed by atoms with Crippen LogP contribution in [0.15, 0.2) is 0 Å². The van der Waals surface area contributed by atoms with E-state index in [0.29, 0.717) is 0 Å². The number of carbonyl (C=O) groups excluding carboxylic acids is 2. The van der Waals surface area contributed by atoms with Crippen molar-refractivity contribution < 1.29 is 29.3 Å². The molecule has 1 unspecified atom stereocenters. The summed E-state index contributed by atoms with van der Waals surface area (Å²) >= 11 is 0. The molecule has 0 fully saturated rings. The monoisotopic (exact) mass is 219 g/mol.